The Morgan fingerprint density at radius 2 is 1.96 bits per heavy atom. The van der Waals surface area contributed by atoms with Crippen LogP contribution in [-0.2, 0) is 4.74 Å². The van der Waals surface area contributed by atoms with Gasteiger partial charge in [0.25, 0.3) is 0 Å². The zero-order valence-electron chi connectivity index (χ0n) is 14.8. The molecule has 0 spiro atoms. The number of benzene rings is 2. The van der Waals surface area contributed by atoms with Gasteiger partial charge in [0.1, 0.15) is 5.52 Å². The van der Waals surface area contributed by atoms with E-state index in [4.69, 9.17) is 14.9 Å². The Balaban J connectivity index is 1.36. The van der Waals surface area contributed by atoms with Crippen molar-refractivity contribution in [3.05, 3.63) is 42.5 Å². The second-order valence-electron chi connectivity index (χ2n) is 6.52. The van der Waals surface area contributed by atoms with Crippen LogP contribution in [0.1, 0.15) is 6.42 Å². The van der Waals surface area contributed by atoms with Gasteiger partial charge in [0.15, 0.2) is 5.58 Å². The predicted molar refractivity (Wildman–Crippen MR) is 104 cm³/mol. The van der Waals surface area contributed by atoms with Crippen molar-refractivity contribution in [2.75, 3.05) is 50.4 Å². The highest BCUT2D eigenvalue weighted by molar-refractivity contribution is 5.78. The molecule has 1 aromatic heterocycles. The van der Waals surface area contributed by atoms with Crippen LogP contribution in [0.5, 0.6) is 0 Å². The Morgan fingerprint density at radius 1 is 1.12 bits per heavy atom. The van der Waals surface area contributed by atoms with Crippen LogP contribution in [0, 0.1) is 0 Å². The summed E-state index contributed by atoms with van der Waals surface area (Å²) in [6.07, 6.45) is 1.08. The molecule has 0 radical (unpaired) electrons. The molecule has 6 nitrogen and oxygen atoms in total. The van der Waals surface area contributed by atoms with E-state index >= 15 is 0 Å². The van der Waals surface area contributed by atoms with Gasteiger partial charge < -0.3 is 20.2 Å². The van der Waals surface area contributed by atoms with Gasteiger partial charge >= 0.3 is 0 Å². The van der Waals surface area contributed by atoms with Crippen LogP contribution < -0.4 is 11.1 Å². The first kappa shape index (κ1) is 16.9. The Hall–Kier alpha value is -2.57. The molecular formula is C20H24N4O2. The van der Waals surface area contributed by atoms with Gasteiger partial charge in [-0.2, -0.15) is 0 Å². The van der Waals surface area contributed by atoms with Crippen molar-refractivity contribution in [3.8, 4) is 11.5 Å². The molecule has 1 fully saturated rings. The molecule has 2 aromatic carbocycles. The lowest BCUT2D eigenvalue weighted by Gasteiger charge is -2.26. The Kier molecular flexibility index (Phi) is 5.04. The van der Waals surface area contributed by atoms with Crippen LogP contribution in [0.3, 0.4) is 0 Å². The third kappa shape index (κ3) is 3.81. The molecule has 0 atom stereocenters. The van der Waals surface area contributed by atoms with Gasteiger partial charge in [0.2, 0.25) is 5.89 Å². The largest absolute Gasteiger partial charge is 0.436 e. The first-order valence-corrected chi connectivity index (χ1v) is 9.09. The second-order valence-corrected chi connectivity index (χ2v) is 6.52. The number of para-hydroxylation sites is 2. The monoisotopic (exact) mass is 352 g/mol. The maximum atomic E-state index is 6.22. The van der Waals surface area contributed by atoms with E-state index in [0.717, 1.165) is 68.2 Å². The van der Waals surface area contributed by atoms with Crippen LogP contribution in [0.15, 0.2) is 46.9 Å². The van der Waals surface area contributed by atoms with E-state index in [2.05, 4.69) is 15.2 Å². The van der Waals surface area contributed by atoms with Crippen molar-refractivity contribution in [2.24, 2.45) is 0 Å². The minimum atomic E-state index is 0.594. The molecule has 0 unspecified atom stereocenters. The third-order valence-electron chi connectivity index (χ3n) is 4.66. The summed E-state index contributed by atoms with van der Waals surface area (Å²) in [6, 6.07) is 13.6. The lowest BCUT2D eigenvalue weighted by Crippen LogP contribution is -2.37. The number of anilines is 2. The predicted octanol–water partition coefficient (Wildman–Crippen LogP) is 3.21. The van der Waals surface area contributed by atoms with Crippen LogP contribution in [0.2, 0.25) is 0 Å². The number of hydrogen-bond acceptors (Lipinski definition) is 6. The minimum absolute atomic E-state index is 0.594. The van der Waals surface area contributed by atoms with Crippen molar-refractivity contribution in [3.63, 3.8) is 0 Å². The SMILES string of the molecule is Nc1cc(-c2nc3ccccc3o2)ccc1NCCCN1CCOCC1. The van der Waals surface area contributed by atoms with Gasteiger partial charge in [-0.3, -0.25) is 4.90 Å². The molecule has 4 rings (SSSR count). The van der Waals surface area contributed by atoms with Gasteiger partial charge in [-0.1, -0.05) is 12.1 Å². The third-order valence-corrected chi connectivity index (χ3v) is 4.66. The van der Waals surface area contributed by atoms with Crippen LogP contribution >= 0.6 is 0 Å². The number of nitrogens with zero attached hydrogens (tertiary/aromatic N) is 2. The molecule has 0 saturated carbocycles. The molecule has 0 aliphatic carbocycles. The fourth-order valence-corrected chi connectivity index (χ4v) is 3.20. The number of rotatable bonds is 6. The number of hydrogen-bond donors (Lipinski definition) is 2. The van der Waals surface area contributed by atoms with Gasteiger partial charge in [-0.15, -0.1) is 0 Å². The molecule has 6 heteroatoms. The zero-order valence-corrected chi connectivity index (χ0v) is 14.8. The molecule has 0 bridgehead atoms. The summed E-state index contributed by atoms with van der Waals surface area (Å²) in [6.45, 7) is 5.72. The number of morpholine rings is 1. The highest BCUT2D eigenvalue weighted by Gasteiger charge is 2.11. The van der Waals surface area contributed by atoms with E-state index in [9.17, 15) is 0 Å². The summed E-state index contributed by atoms with van der Waals surface area (Å²) < 4.78 is 11.2. The van der Waals surface area contributed by atoms with Crippen LogP contribution in [0.25, 0.3) is 22.6 Å². The molecule has 3 N–H and O–H groups in total. The maximum absolute atomic E-state index is 6.22. The van der Waals surface area contributed by atoms with Crippen LogP contribution in [0.4, 0.5) is 11.4 Å². The number of nitrogens with two attached hydrogens (primary N) is 1. The summed E-state index contributed by atoms with van der Waals surface area (Å²) in [4.78, 5) is 6.96. The first-order valence-electron chi connectivity index (χ1n) is 9.09. The number of nitrogens with one attached hydrogen (secondary N) is 1. The van der Waals surface area contributed by atoms with Crippen molar-refractivity contribution in [1.29, 1.82) is 0 Å². The fourth-order valence-electron chi connectivity index (χ4n) is 3.20. The van der Waals surface area contributed by atoms with E-state index in [1.54, 1.807) is 0 Å². The van der Waals surface area contributed by atoms with Crippen molar-refractivity contribution < 1.29 is 9.15 Å². The smallest absolute Gasteiger partial charge is 0.227 e. The molecule has 1 saturated heterocycles. The van der Waals surface area contributed by atoms with E-state index in [-0.39, 0.29) is 0 Å². The number of aromatic nitrogens is 1. The quantitative estimate of drug-likeness (QED) is 0.524. The standard InChI is InChI=1S/C20H24N4O2/c21-16-14-15(20-23-18-4-1-2-5-19(18)26-20)6-7-17(16)22-8-3-9-24-10-12-25-13-11-24/h1-2,4-7,14,22H,3,8-13,21H2. The van der Waals surface area contributed by atoms with E-state index in [0.29, 0.717) is 11.6 Å². The molecule has 1 aliphatic rings. The summed E-state index contributed by atoms with van der Waals surface area (Å²) in [5, 5.41) is 3.42. The van der Waals surface area contributed by atoms with E-state index < -0.39 is 0 Å². The first-order chi connectivity index (χ1) is 12.8. The number of fused-ring (bicyclic) bond motifs is 1. The highest BCUT2D eigenvalue weighted by atomic mass is 16.5. The Morgan fingerprint density at radius 3 is 2.77 bits per heavy atom. The average molecular weight is 352 g/mol. The van der Waals surface area contributed by atoms with Crippen LogP contribution in [-0.4, -0.2) is 49.3 Å². The molecular weight excluding hydrogens is 328 g/mol. The lowest BCUT2D eigenvalue weighted by atomic mass is 10.1. The highest BCUT2D eigenvalue weighted by Crippen LogP contribution is 2.28. The number of nitrogen functional groups attached to an aromatic ring is 1. The fraction of sp³-hybridized carbons (Fsp3) is 0.350. The van der Waals surface area contributed by atoms with Crippen molar-refractivity contribution in [1.82, 2.24) is 9.88 Å². The van der Waals surface area contributed by atoms with E-state index in [1.165, 1.54) is 0 Å². The summed E-state index contributed by atoms with van der Waals surface area (Å²) in [5.41, 5.74) is 10.4. The molecule has 3 aromatic rings. The average Bonchev–Trinajstić information content (AvgIpc) is 3.11. The minimum Gasteiger partial charge on any atom is -0.436 e. The molecule has 0 amide bonds. The van der Waals surface area contributed by atoms with Gasteiger partial charge in [-0.25, -0.2) is 4.98 Å². The summed E-state index contributed by atoms with van der Waals surface area (Å²) in [7, 11) is 0. The summed E-state index contributed by atoms with van der Waals surface area (Å²) >= 11 is 0. The molecule has 1 aliphatic heterocycles. The zero-order chi connectivity index (χ0) is 17.8. The van der Waals surface area contributed by atoms with Gasteiger partial charge in [-0.05, 0) is 43.3 Å². The van der Waals surface area contributed by atoms with E-state index in [1.807, 2.05) is 42.5 Å². The number of ether oxygens (including phenoxy) is 1. The van der Waals surface area contributed by atoms with Crippen molar-refractivity contribution >= 4 is 22.5 Å². The maximum Gasteiger partial charge on any atom is 0.227 e. The molecule has 136 valence electrons. The molecule has 2 heterocycles. The Labute approximate surface area is 152 Å². The second kappa shape index (κ2) is 7.76. The number of oxazole rings is 1. The summed E-state index contributed by atoms with van der Waals surface area (Å²) in [5.74, 6) is 0.594. The lowest BCUT2D eigenvalue weighted by molar-refractivity contribution is 0.0378. The Bertz CT molecular complexity index is 838. The topological polar surface area (TPSA) is 76.5 Å². The molecule has 26 heavy (non-hydrogen) atoms. The van der Waals surface area contributed by atoms with Gasteiger partial charge in [0, 0.05) is 25.2 Å². The normalized spacial score (nSPS) is 15.4. The van der Waals surface area contributed by atoms with Crippen molar-refractivity contribution in [2.45, 2.75) is 6.42 Å². The van der Waals surface area contributed by atoms with Gasteiger partial charge in [0.05, 0.1) is 24.6 Å².